The Balaban J connectivity index is 0.00000392. The van der Waals surface area contributed by atoms with Crippen molar-refractivity contribution in [3.63, 3.8) is 0 Å². The topological polar surface area (TPSA) is 65.9 Å². The summed E-state index contributed by atoms with van der Waals surface area (Å²) < 4.78 is 29.0. The molecule has 8 heteroatoms. The molecule has 0 amide bonds. The molecule has 5 nitrogen and oxygen atoms in total. The lowest BCUT2D eigenvalue weighted by Crippen LogP contribution is -2.38. The van der Waals surface area contributed by atoms with Crippen LogP contribution >= 0.6 is 24.0 Å². The van der Waals surface area contributed by atoms with Crippen LogP contribution in [0.3, 0.4) is 0 Å². The molecule has 0 radical (unpaired) electrons. The van der Waals surface area contributed by atoms with E-state index in [2.05, 4.69) is 20.4 Å². The molecular formula is C20H26F2IN3O2. The van der Waals surface area contributed by atoms with Crippen LogP contribution in [0.5, 0.6) is 5.75 Å². The highest BCUT2D eigenvalue weighted by Crippen LogP contribution is 2.17. The number of hydrogen-bond donors (Lipinski definition) is 3. The maximum absolute atomic E-state index is 12.3. The summed E-state index contributed by atoms with van der Waals surface area (Å²) in [6, 6.07) is 15.9. The summed E-state index contributed by atoms with van der Waals surface area (Å²) >= 11 is 0. The van der Waals surface area contributed by atoms with E-state index in [4.69, 9.17) is 0 Å². The number of halogens is 3. The van der Waals surface area contributed by atoms with E-state index in [1.807, 2.05) is 37.3 Å². The highest BCUT2D eigenvalue weighted by Gasteiger charge is 2.07. The van der Waals surface area contributed by atoms with Crippen molar-refractivity contribution >= 4 is 29.9 Å². The van der Waals surface area contributed by atoms with Crippen molar-refractivity contribution < 1.29 is 18.6 Å². The average Bonchev–Trinajstić information content (AvgIpc) is 2.66. The summed E-state index contributed by atoms with van der Waals surface area (Å²) in [4.78, 5) is 4.44. The molecule has 2 aromatic rings. The van der Waals surface area contributed by atoms with Crippen LogP contribution in [-0.2, 0) is 6.54 Å². The van der Waals surface area contributed by atoms with E-state index in [0.29, 0.717) is 32.0 Å². The van der Waals surface area contributed by atoms with Gasteiger partial charge in [-0.3, -0.25) is 0 Å². The molecule has 2 aromatic carbocycles. The molecule has 3 N–H and O–H groups in total. The Morgan fingerprint density at radius 2 is 1.86 bits per heavy atom. The smallest absolute Gasteiger partial charge is 0.387 e. The number of hydrogen-bond acceptors (Lipinski definition) is 3. The average molecular weight is 505 g/mol. The van der Waals surface area contributed by atoms with Crippen molar-refractivity contribution in [2.75, 3.05) is 13.1 Å². The molecule has 0 heterocycles. The number of benzene rings is 2. The molecular weight excluding hydrogens is 479 g/mol. The van der Waals surface area contributed by atoms with E-state index in [1.165, 1.54) is 6.07 Å². The van der Waals surface area contributed by atoms with E-state index in [0.717, 1.165) is 11.1 Å². The lowest BCUT2D eigenvalue weighted by molar-refractivity contribution is -0.0498. The Morgan fingerprint density at radius 1 is 1.11 bits per heavy atom. The highest BCUT2D eigenvalue weighted by atomic mass is 127. The highest BCUT2D eigenvalue weighted by molar-refractivity contribution is 14.0. The zero-order valence-corrected chi connectivity index (χ0v) is 18.0. The van der Waals surface area contributed by atoms with Gasteiger partial charge in [-0.25, -0.2) is 4.99 Å². The summed E-state index contributed by atoms with van der Waals surface area (Å²) in [6.45, 7) is 0.640. The van der Waals surface area contributed by atoms with Gasteiger partial charge in [0.2, 0.25) is 0 Å². The first-order chi connectivity index (χ1) is 13.1. The number of nitrogens with one attached hydrogen (secondary N) is 2. The monoisotopic (exact) mass is 505 g/mol. The molecule has 0 aliphatic carbocycles. The van der Waals surface area contributed by atoms with Gasteiger partial charge in [-0.2, -0.15) is 8.78 Å². The second-order valence-electron chi connectivity index (χ2n) is 5.86. The van der Waals surface area contributed by atoms with Crippen molar-refractivity contribution in [3.05, 3.63) is 65.7 Å². The Labute approximate surface area is 181 Å². The molecule has 1 unspecified atom stereocenters. The molecule has 0 aliphatic rings. The molecule has 2 rings (SSSR count). The first kappa shape index (κ1) is 24.1. The molecule has 1 atom stereocenters. The van der Waals surface area contributed by atoms with E-state index in [-0.39, 0.29) is 29.7 Å². The van der Waals surface area contributed by atoms with Crippen LogP contribution in [-0.4, -0.2) is 30.8 Å². The second kappa shape index (κ2) is 13.3. The van der Waals surface area contributed by atoms with E-state index >= 15 is 0 Å². The Kier molecular flexibility index (Phi) is 11.4. The molecule has 0 fully saturated rings. The zero-order chi connectivity index (χ0) is 19.5. The minimum atomic E-state index is -2.85. The number of aliphatic hydroxyl groups excluding tert-OH is 1. The van der Waals surface area contributed by atoms with Gasteiger partial charge in [0.15, 0.2) is 5.96 Å². The lowest BCUT2D eigenvalue weighted by Gasteiger charge is -2.14. The van der Waals surface area contributed by atoms with Gasteiger partial charge in [0.25, 0.3) is 0 Å². The van der Waals surface area contributed by atoms with Crippen molar-refractivity contribution in [3.8, 4) is 5.75 Å². The third kappa shape index (κ3) is 8.83. The summed E-state index contributed by atoms with van der Waals surface area (Å²) in [5.74, 6) is 0.708. The Hall–Kier alpha value is -1.94. The van der Waals surface area contributed by atoms with Crippen LogP contribution in [0.4, 0.5) is 8.78 Å². The van der Waals surface area contributed by atoms with Crippen molar-refractivity contribution in [2.45, 2.75) is 32.6 Å². The first-order valence-electron chi connectivity index (χ1n) is 8.87. The minimum Gasteiger partial charge on any atom is -0.435 e. The van der Waals surface area contributed by atoms with Gasteiger partial charge in [-0.05, 0) is 36.6 Å². The van der Waals surface area contributed by atoms with Crippen molar-refractivity contribution in [2.24, 2.45) is 4.99 Å². The number of guanidine groups is 1. The number of rotatable bonds is 9. The molecule has 154 valence electrons. The maximum Gasteiger partial charge on any atom is 0.387 e. The van der Waals surface area contributed by atoms with Crippen molar-refractivity contribution in [1.82, 2.24) is 10.6 Å². The summed E-state index contributed by atoms with van der Waals surface area (Å²) in [6.07, 6.45) is -0.0173. The number of nitrogens with zero attached hydrogens (tertiary/aromatic N) is 1. The molecule has 0 saturated carbocycles. The summed E-state index contributed by atoms with van der Waals surface area (Å²) in [7, 11) is 0. The maximum atomic E-state index is 12.3. The van der Waals surface area contributed by atoms with Crippen LogP contribution < -0.4 is 15.4 Å². The van der Waals surface area contributed by atoms with Crippen molar-refractivity contribution in [1.29, 1.82) is 0 Å². The predicted octanol–water partition coefficient (Wildman–Crippen LogP) is 4.08. The first-order valence-corrected chi connectivity index (χ1v) is 8.87. The minimum absolute atomic E-state index is 0. The number of alkyl halides is 2. The molecule has 0 aliphatic heterocycles. The molecule has 0 aromatic heterocycles. The normalized spacial score (nSPS) is 12.2. The number of aliphatic imine (C=N–C) groups is 1. The Morgan fingerprint density at radius 3 is 2.54 bits per heavy atom. The fourth-order valence-corrected chi connectivity index (χ4v) is 2.50. The van der Waals surface area contributed by atoms with Crippen LogP contribution in [0, 0.1) is 0 Å². The van der Waals surface area contributed by atoms with E-state index in [1.54, 1.807) is 18.2 Å². The van der Waals surface area contributed by atoms with Gasteiger partial charge in [-0.1, -0.05) is 42.5 Å². The SMILES string of the molecule is CCNC(=NCc1cccc(OC(F)F)c1)NCCC(O)c1ccccc1.I. The second-order valence-corrected chi connectivity index (χ2v) is 5.86. The van der Waals surface area contributed by atoms with Gasteiger partial charge in [-0.15, -0.1) is 24.0 Å². The van der Waals surface area contributed by atoms with Gasteiger partial charge < -0.3 is 20.5 Å². The predicted molar refractivity (Wildman–Crippen MR) is 117 cm³/mol. The summed E-state index contributed by atoms with van der Waals surface area (Å²) in [5, 5.41) is 16.5. The molecule has 0 bridgehead atoms. The fraction of sp³-hybridized carbons (Fsp3) is 0.350. The standard InChI is InChI=1S/C20H25F2N3O2.HI/c1-2-23-20(24-12-11-18(26)16-8-4-3-5-9-16)25-14-15-7-6-10-17(13-15)27-19(21)22;/h3-10,13,18-19,26H,2,11-12,14H2,1H3,(H2,23,24,25);1H. The fourth-order valence-electron chi connectivity index (χ4n) is 2.50. The number of aliphatic hydroxyl groups is 1. The van der Waals surface area contributed by atoms with E-state index < -0.39 is 12.7 Å². The van der Waals surface area contributed by atoms with Crippen LogP contribution in [0.15, 0.2) is 59.6 Å². The van der Waals surface area contributed by atoms with Crippen LogP contribution in [0.25, 0.3) is 0 Å². The number of ether oxygens (including phenoxy) is 1. The zero-order valence-electron chi connectivity index (χ0n) is 15.6. The molecule has 28 heavy (non-hydrogen) atoms. The summed E-state index contributed by atoms with van der Waals surface area (Å²) in [5.41, 5.74) is 1.63. The van der Waals surface area contributed by atoms with Crippen LogP contribution in [0.1, 0.15) is 30.6 Å². The molecule has 0 saturated heterocycles. The lowest BCUT2D eigenvalue weighted by atomic mass is 10.1. The third-order valence-corrected chi connectivity index (χ3v) is 3.78. The van der Waals surface area contributed by atoms with Gasteiger partial charge in [0.05, 0.1) is 12.6 Å². The Bertz CT molecular complexity index is 718. The quantitative estimate of drug-likeness (QED) is 0.273. The largest absolute Gasteiger partial charge is 0.435 e. The van der Waals surface area contributed by atoms with Gasteiger partial charge in [0.1, 0.15) is 5.75 Å². The third-order valence-electron chi connectivity index (χ3n) is 3.78. The van der Waals surface area contributed by atoms with Gasteiger partial charge >= 0.3 is 6.61 Å². The van der Waals surface area contributed by atoms with Gasteiger partial charge in [0, 0.05) is 13.1 Å². The molecule has 0 spiro atoms. The van der Waals surface area contributed by atoms with Crippen LogP contribution in [0.2, 0.25) is 0 Å². The van der Waals surface area contributed by atoms with E-state index in [9.17, 15) is 13.9 Å².